The van der Waals surface area contributed by atoms with Crippen molar-refractivity contribution >= 4 is 12.2 Å². The van der Waals surface area contributed by atoms with Crippen molar-refractivity contribution < 1.29 is 0 Å². The molecule has 2 aromatic rings. The fourth-order valence-corrected chi connectivity index (χ4v) is 1.68. The molecule has 0 fully saturated rings. The van der Waals surface area contributed by atoms with E-state index in [4.69, 9.17) is 18.1 Å². The summed E-state index contributed by atoms with van der Waals surface area (Å²) < 4.78 is 3.63. The second-order valence-electron chi connectivity index (χ2n) is 3.41. The SMILES string of the molecule is CCc1cc(-c2n[nH]c(=S)n2N)n(CC)n1. The average Bonchev–Trinajstić information content (AvgIpc) is 2.84. The van der Waals surface area contributed by atoms with Crippen LogP contribution in [0.25, 0.3) is 11.5 Å². The van der Waals surface area contributed by atoms with E-state index in [2.05, 4.69) is 22.2 Å². The number of nitrogen functional groups attached to an aromatic ring is 1. The largest absolute Gasteiger partial charge is 0.335 e. The Bertz CT molecular complexity index is 549. The van der Waals surface area contributed by atoms with E-state index in [0.29, 0.717) is 10.6 Å². The standard InChI is InChI=1S/C9H14N6S/c1-3-6-5-7(14(4-2)13-6)8-11-12-9(16)15(8)10/h5H,3-4,10H2,1-2H3,(H,12,16). The quantitative estimate of drug-likeness (QED) is 0.620. The van der Waals surface area contributed by atoms with Crippen LogP contribution in [0, 0.1) is 4.77 Å². The molecule has 3 N–H and O–H groups in total. The maximum absolute atomic E-state index is 5.79. The molecule has 0 amide bonds. The lowest BCUT2D eigenvalue weighted by Gasteiger charge is -2.02. The van der Waals surface area contributed by atoms with Crippen LogP contribution in [0.1, 0.15) is 19.5 Å². The van der Waals surface area contributed by atoms with E-state index in [-0.39, 0.29) is 0 Å². The maximum Gasteiger partial charge on any atom is 0.214 e. The van der Waals surface area contributed by atoms with Crippen LogP contribution in [0.15, 0.2) is 6.07 Å². The van der Waals surface area contributed by atoms with E-state index in [1.54, 1.807) is 0 Å². The molecule has 0 atom stereocenters. The minimum atomic E-state index is 0.400. The van der Waals surface area contributed by atoms with Gasteiger partial charge in [0.25, 0.3) is 0 Å². The summed E-state index contributed by atoms with van der Waals surface area (Å²) in [6.45, 7) is 4.86. The zero-order valence-corrected chi connectivity index (χ0v) is 10.1. The van der Waals surface area contributed by atoms with Gasteiger partial charge < -0.3 is 5.84 Å². The Morgan fingerprint density at radius 3 is 2.75 bits per heavy atom. The first-order valence-corrected chi connectivity index (χ1v) is 5.57. The van der Waals surface area contributed by atoms with Gasteiger partial charge in [0.15, 0.2) is 5.82 Å². The highest BCUT2D eigenvalue weighted by molar-refractivity contribution is 7.71. The van der Waals surface area contributed by atoms with Crippen molar-refractivity contribution in [2.45, 2.75) is 26.8 Å². The van der Waals surface area contributed by atoms with Crippen LogP contribution in [-0.4, -0.2) is 24.7 Å². The number of aromatic nitrogens is 5. The Morgan fingerprint density at radius 2 is 2.25 bits per heavy atom. The summed E-state index contributed by atoms with van der Waals surface area (Å²) in [5, 5.41) is 11.2. The molecule has 0 aliphatic rings. The Balaban J connectivity index is 2.58. The molecule has 2 aromatic heterocycles. The average molecular weight is 238 g/mol. The second kappa shape index (κ2) is 4.09. The van der Waals surface area contributed by atoms with Crippen LogP contribution in [0.2, 0.25) is 0 Å². The van der Waals surface area contributed by atoms with Gasteiger partial charge >= 0.3 is 0 Å². The smallest absolute Gasteiger partial charge is 0.214 e. The van der Waals surface area contributed by atoms with Crippen LogP contribution in [0.3, 0.4) is 0 Å². The summed E-state index contributed by atoms with van der Waals surface area (Å²) in [5.74, 6) is 6.40. The Hall–Kier alpha value is -1.63. The van der Waals surface area contributed by atoms with Gasteiger partial charge in [-0.05, 0) is 31.6 Å². The molecule has 6 nitrogen and oxygen atoms in total. The molecule has 86 valence electrons. The lowest BCUT2D eigenvalue weighted by Crippen LogP contribution is -2.12. The molecule has 0 radical (unpaired) electrons. The molecule has 0 aromatic carbocycles. The van der Waals surface area contributed by atoms with Crippen molar-refractivity contribution in [2.75, 3.05) is 5.84 Å². The van der Waals surface area contributed by atoms with Crippen molar-refractivity contribution in [3.8, 4) is 11.5 Å². The monoisotopic (exact) mass is 238 g/mol. The van der Waals surface area contributed by atoms with Crippen LogP contribution in [0.4, 0.5) is 0 Å². The third-order valence-corrected chi connectivity index (χ3v) is 2.71. The molecular weight excluding hydrogens is 224 g/mol. The summed E-state index contributed by atoms with van der Waals surface area (Å²) in [5.41, 5.74) is 1.90. The molecule has 0 aliphatic carbocycles. The molecule has 16 heavy (non-hydrogen) atoms. The highest BCUT2D eigenvalue weighted by Crippen LogP contribution is 2.17. The molecule has 7 heteroatoms. The minimum Gasteiger partial charge on any atom is -0.335 e. The van der Waals surface area contributed by atoms with Crippen molar-refractivity contribution in [3.05, 3.63) is 16.5 Å². The van der Waals surface area contributed by atoms with E-state index in [1.165, 1.54) is 4.68 Å². The van der Waals surface area contributed by atoms with Crippen LogP contribution in [0.5, 0.6) is 0 Å². The number of nitrogens with one attached hydrogen (secondary N) is 1. The number of nitrogens with two attached hydrogens (primary N) is 1. The lowest BCUT2D eigenvalue weighted by molar-refractivity contribution is 0.650. The van der Waals surface area contributed by atoms with Gasteiger partial charge in [0, 0.05) is 6.54 Å². The molecule has 0 saturated carbocycles. The zero-order chi connectivity index (χ0) is 11.7. The minimum absolute atomic E-state index is 0.400. The van der Waals surface area contributed by atoms with E-state index in [1.807, 2.05) is 17.7 Å². The number of H-pyrrole nitrogens is 1. The predicted octanol–water partition coefficient (Wildman–Crippen LogP) is 1.10. The van der Waals surface area contributed by atoms with Gasteiger partial charge in [-0.3, -0.25) is 4.68 Å². The first-order chi connectivity index (χ1) is 7.67. The topological polar surface area (TPSA) is 77.5 Å². The van der Waals surface area contributed by atoms with Gasteiger partial charge in [-0.25, -0.2) is 9.77 Å². The van der Waals surface area contributed by atoms with Crippen molar-refractivity contribution in [1.82, 2.24) is 24.7 Å². The Kier molecular flexibility index (Phi) is 2.78. The Morgan fingerprint density at radius 1 is 1.50 bits per heavy atom. The van der Waals surface area contributed by atoms with E-state index >= 15 is 0 Å². The van der Waals surface area contributed by atoms with Gasteiger partial charge in [0.05, 0.1) is 5.69 Å². The molecule has 0 aliphatic heterocycles. The second-order valence-corrected chi connectivity index (χ2v) is 3.80. The fourth-order valence-electron chi connectivity index (χ4n) is 1.55. The highest BCUT2D eigenvalue weighted by atomic mass is 32.1. The van der Waals surface area contributed by atoms with Crippen molar-refractivity contribution in [2.24, 2.45) is 0 Å². The number of hydrogen-bond donors (Lipinski definition) is 2. The van der Waals surface area contributed by atoms with E-state index < -0.39 is 0 Å². The van der Waals surface area contributed by atoms with Crippen LogP contribution < -0.4 is 5.84 Å². The maximum atomic E-state index is 5.79. The van der Waals surface area contributed by atoms with Crippen LogP contribution >= 0.6 is 12.2 Å². The first-order valence-electron chi connectivity index (χ1n) is 5.17. The number of aromatic amines is 1. The molecule has 0 unspecified atom stereocenters. The van der Waals surface area contributed by atoms with Crippen molar-refractivity contribution in [1.29, 1.82) is 0 Å². The van der Waals surface area contributed by atoms with E-state index in [9.17, 15) is 0 Å². The van der Waals surface area contributed by atoms with Gasteiger partial charge in [-0.2, -0.15) is 10.2 Å². The first kappa shape index (κ1) is 10.9. The van der Waals surface area contributed by atoms with Gasteiger partial charge in [-0.1, -0.05) is 6.92 Å². The fraction of sp³-hybridized carbons (Fsp3) is 0.444. The summed E-state index contributed by atoms with van der Waals surface area (Å²) in [6.07, 6.45) is 0.885. The summed E-state index contributed by atoms with van der Waals surface area (Å²) in [6, 6.07) is 1.98. The molecule has 2 heterocycles. The Labute approximate surface area is 98.1 Å². The normalized spacial score (nSPS) is 10.9. The molecular formula is C9H14N6S. The highest BCUT2D eigenvalue weighted by Gasteiger charge is 2.13. The molecule has 0 bridgehead atoms. The predicted molar refractivity (Wildman–Crippen MR) is 63.8 cm³/mol. The molecule has 0 saturated heterocycles. The van der Waals surface area contributed by atoms with Gasteiger partial charge in [0.1, 0.15) is 5.69 Å². The summed E-state index contributed by atoms with van der Waals surface area (Å²) in [7, 11) is 0. The molecule has 2 rings (SSSR count). The van der Waals surface area contributed by atoms with E-state index in [0.717, 1.165) is 24.4 Å². The number of hydrogen-bond acceptors (Lipinski definition) is 4. The molecule has 0 spiro atoms. The summed E-state index contributed by atoms with van der Waals surface area (Å²) >= 11 is 4.98. The third-order valence-electron chi connectivity index (χ3n) is 2.43. The van der Waals surface area contributed by atoms with Crippen LogP contribution in [-0.2, 0) is 13.0 Å². The zero-order valence-electron chi connectivity index (χ0n) is 9.27. The van der Waals surface area contributed by atoms with Gasteiger partial charge in [0.2, 0.25) is 4.77 Å². The lowest BCUT2D eigenvalue weighted by atomic mass is 10.3. The summed E-state index contributed by atoms with van der Waals surface area (Å²) in [4.78, 5) is 0. The number of rotatable bonds is 3. The number of aryl methyl sites for hydroxylation is 2. The third kappa shape index (κ3) is 1.63. The van der Waals surface area contributed by atoms with Crippen molar-refractivity contribution in [3.63, 3.8) is 0 Å². The van der Waals surface area contributed by atoms with Gasteiger partial charge in [-0.15, -0.1) is 0 Å². The number of nitrogens with zero attached hydrogens (tertiary/aromatic N) is 4.